The summed E-state index contributed by atoms with van der Waals surface area (Å²) < 4.78 is 0. The molecule has 0 fully saturated rings. The van der Waals surface area contributed by atoms with Crippen LogP contribution in [0.1, 0.15) is 12.5 Å². The number of hydrogen-bond donors (Lipinski definition) is 1. The summed E-state index contributed by atoms with van der Waals surface area (Å²) in [5, 5.41) is 17.8. The predicted molar refractivity (Wildman–Crippen MR) is 68.1 cm³/mol. The van der Waals surface area contributed by atoms with Crippen LogP contribution in [0.15, 0.2) is 58.8 Å². The fourth-order valence-electron chi connectivity index (χ4n) is 1.48. The molecule has 17 heavy (non-hydrogen) atoms. The lowest BCUT2D eigenvalue weighted by Crippen LogP contribution is -1.78. The van der Waals surface area contributed by atoms with Crippen LogP contribution in [-0.4, -0.2) is 5.11 Å². The molecule has 86 valence electrons. The Hall–Kier alpha value is -2.16. The smallest absolute Gasteiger partial charge is 0.143 e. The van der Waals surface area contributed by atoms with Crippen molar-refractivity contribution in [3.05, 3.63) is 54.1 Å². The number of phenols is 1. The summed E-state index contributed by atoms with van der Waals surface area (Å²) >= 11 is 0. The topological polar surface area (TPSA) is 45.0 Å². The molecule has 0 unspecified atom stereocenters. The predicted octanol–water partition coefficient (Wildman–Crippen LogP) is 4.37. The molecular formula is C14H14N2O. The molecule has 0 bridgehead atoms. The summed E-state index contributed by atoms with van der Waals surface area (Å²) in [6, 6.07) is 14.8. The van der Waals surface area contributed by atoms with E-state index in [1.54, 1.807) is 6.07 Å². The van der Waals surface area contributed by atoms with Gasteiger partial charge in [-0.1, -0.05) is 31.2 Å². The highest BCUT2D eigenvalue weighted by atomic mass is 16.3. The summed E-state index contributed by atoms with van der Waals surface area (Å²) in [4.78, 5) is 0. The normalized spacial score (nSPS) is 10.9. The van der Waals surface area contributed by atoms with Crippen molar-refractivity contribution in [2.75, 3.05) is 0 Å². The largest absolute Gasteiger partial charge is 0.506 e. The van der Waals surface area contributed by atoms with Gasteiger partial charge < -0.3 is 5.11 Å². The van der Waals surface area contributed by atoms with Crippen LogP contribution in [0.3, 0.4) is 0 Å². The molecular weight excluding hydrogens is 212 g/mol. The first-order chi connectivity index (χ1) is 8.29. The van der Waals surface area contributed by atoms with E-state index >= 15 is 0 Å². The lowest BCUT2D eigenvalue weighted by Gasteiger charge is -2.00. The summed E-state index contributed by atoms with van der Waals surface area (Å²) in [5.74, 6) is 0.155. The van der Waals surface area contributed by atoms with Gasteiger partial charge in [0.25, 0.3) is 0 Å². The van der Waals surface area contributed by atoms with Gasteiger partial charge in [0, 0.05) is 0 Å². The molecule has 0 aliphatic heterocycles. The molecule has 0 saturated carbocycles. The van der Waals surface area contributed by atoms with E-state index in [2.05, 4.69) is 17.2 Å². The van der Waals surface area contributed by atoms with Gasteiger partial charge in [-0.2, -0.15) is 5.11 Å². The lowest BCUT2D eigenvalue weighted by molar-refractivity contribution is 0.476. The van der Waals surface area contributed by atoms with E-state index in [4.69, 9.17) is 0 Å². The van der Waals surface area contributed by atoms with Gasteiger partial charge in [-0.25, -0.2) is 0 Å². The lowest BCUT2D eigenvalue weighted by atomic mass is 10.1. The Balaban J connectivity index is 2.26. The van der Waals surface area contributed by atoms with Gasteiger partial charge in [-0.3, -0.25) is 0 Å². The van der Waals surface area contributed by atoms with E-state index in [-0.39, 0.29) is 5.75 Å². The number of aryl methyl sites for hydroxylation is 1. The second kappa shape index (κ2) is 5.25. The highest BCUT2D eigenvalue weighted by molar-refractivity contribution is 5.52. The van der Waals surface area contributed by atoms with Crippen molar-refractivity contribution in [2.24, 2.45) is 10.2 Å². The first-order valence-corrected chi connectivity index (χ1v) is 5.58. The minimum Gasteiger partial charge on any atom is -0.506 e. The highest BCUT2D eigenvalue weighted by Crippen LogP contribution is 2.29. The average molecular weight is 226 g/mol. The van der Waals surface area contributed by atoms with Crippen LogP contribution in [0.2, 0.25) is 0 Å². The maximum absolute atomic E-state index is 9.65. The van der Waals surface area contributed by atoms with Crippen molar-refractivity contribution < 1.29 is 5.11 Å². The second-order valence-electron chi connectivity index (χ2n) is 3.71. The molecule has 3 heteroatoms. The monoisotopic (exact) mass is 226 g/mol. The molecule has 2 aromatic rings. The third-order valence-corrected chi connectivity index (χ3v) is 2.48. The number of benzene rings is 2. The Morgan fingerprint density at radius 2 is 1.76 bits per heavy atom. The maximum atomic E-state index is 9.65. The molecule has 3 nitrogen and oxygen atoms in total. The molecule has 1 N–H and O–H groups in total. The van der Waals surface area contributed by atoms with Gasteiger partial charge >= 0.3 is 0 Å². The van der Waals surface area contributed by atoms with E-state index in [1.807, 2.05) is 42.5 Å². The molecule has 0 saturated heterocycles. The number of phenolic OH excluding ortho intramolecular Hbond substituents is 1. The Morgan fingerprint density at radius 1 is 1.00 bits per heavy atom. The van der Waals surface area contributed by atoms with Gasteiger partial charge in [0.2, 0.25) is 0 Å². The van der Waals surface area contributed by atoms with Crippen molar-refractivity contribution in [1.82, 2.24) is 0 Å². The number of hydrogen-bond acceptors (Lipinski definition) is 3. The quantitative estimate of drug-likeness (QED) is 0.776. The summed E-state index contributed by atoms with van der Waals surface area (Å²) in [7, 11) is 0. The Morgan fingerprint density at radius 3 is 2.47 bits per heavy atom. The minimum atomic E-state index is 0.155. The zero-order valence-corrected chi connectivity index (χ0v) is 9.67. The molecule has 0 amide bonds. The third kappa shape index (κ3) is 2.91. The van der Waals surface area contributed by atoms with Crippen molar-refractivity contribution in [2.45, 2.75) is 13.3 Å². The maximum Gasteiger partial charge on any atom is 0.143 e. The molecule has 2 aromatic carbocycles. The molecule has 2 rings (SSSR count). The van der Waals surface area contributed by atoms with Crippen molar-refractivity contribution in [3.63, 3.8) is 0 Å². The van der Waals surface area contributed by atoms with E-state index in [0.717, 1.165) is 17.7 Å². The minimum absolute atomic E-state index is 0.155. The number of aromatic hydroxyl groups is 1. The first kappa shape index (κ1) is 11.3. The number of nitrogens with zero attached hydrogens (tertiary/aromatic N) is 2. The molecule has 0 atom stereocenters. The molecule has 0 aromatic heterocycles. The van der Waals surface area contributed by atoms with Gasteiger partial charge in [0.15, 0.2) is 0 Å². The van der Waals surface area contributed by atoms with Crippen LogP contribution in [0, 0.1) is 0 Å². The third-order valence-electron chi connectivity index (χ3n) is 2.48. The zero-order valence-electron chi connectivity index (χ0n) is 9.67. The van der Waals surface area contributed by atoms with Crippen LogP contribution < -0.4 is 0 Å². The summed E-state index contributed by atoms with van der Waals surface area (Å²) in [5.41, 5.74) is 2.41. The van der Waals surface area contributed by atoms with Crippen LogP contribution in [0.4, 0.5) is 11.4 Å². The molecule has 0 radical (unpaired) electrons. The van der Waals surface area contributed by atoms with Crippen LogP contribution in [0.25, 0.3) is 0 Å². The highest BCUT2D eigenvalue weighted by Gasteiger charge is 2.00. The number of rotatable bonds is 3. The van der Waals surface area contributed by atoms with Crippen LogP contribution in [-0.2, 0) is 6.42 Å². The average Bonchev–Trinajstić information content (AvgIpc) is 2.39. The van der Waals surface area contributed by atoms with E-state index in [1.165, 1.54) is 0 Å². The number of azo groups is 1. The van der Waals surface area contributed by atoms with Gasteiger partial charge in [0.05, 0.1) is 5.69 Å². The molecule has 0 spiro atoms. The van der Waals surface area contributed by atoms with Gasteiger partial charge in [0.1, 0.15) is 11.4 Å². The van der Waals surface area contributed by atoms with Crippen LogP contribution in [0.5, 0.6) is 5.75 Å². The fraction of sp³-hybridized carbons (Fsp3) is 0.143. The Kier molecular flexibility index (Phi) is 3.50. The van der Waals surface area contributed by atoms with Crippen LogP contribution >= 0.6 is 0 Å². The zero-order chi connectivity index (χ0) is 12.1. The van der Waals surface area contributed by atoms with Crippen molar-refractivity contribution in [3.8, 4) is 5.75 Å². The first-order valence-electron chi connectivity index (χ1n) is 5.58. The van der Waals surface area contributed by atoms with Gasteiger partial charge in [-0.15, -0.1) is 5.11 Å². The Bertz CT molecular complexity index is 521. The molecule has 0 aliphatic rings. The molecule has 0 heterocycles. The van der Waals surface area contributed by atoms with E-state index in [9.17, 15) is 5.11 Å². The standard InChI is InChI=1S/C14H14N2O/c1-2-11-8-9-14(17)13(10-11)16-15-12-6-4-3-5-7-12/h3-10,17H,2H2,1H3. The SMILES string of the molecule is CCc1ccc(O)c(N=Nc2ccccc2)c1. The van der Waals surface area contributed by atoms with E-state index < -0.39 is 0 Å². The van der Waals surface area contributed by atoms with Gasteiger partial charge in [-0.05, 0) is 36.2 Å². The Labute approximate surface area is 100 Å². The van der Waals surface area contributed by atoms with Crippen molar-refractivity contribution >= 4 is 11.4 Å². The van der Waals surface area contributed by atoms with E-state index in [0.29, 0.717) is 5.69 Å². The van der Waals surface area contributed by atoms with Crippen molar-refractivity contribution in [1.29, 1.82) is 0 Å². The second-order valence-corrected chi connectivity index (χ2v) is 3.71. The summed E-state index contributed by atoms with van der Waals surface area (Å²) in [6.07, 6.45) is 0.911. The summed E-state index contributed by atoms with van der Waals surface area (Å²) in [6.45, 7) is 2.06. The fourth-order valence-corrected chi connectivity index (χ4v) is 1.48. The molecule has 0 aliphatic carbocycles.